The molecular weight excluding hydrogens is 739 g/mol. The van der Waals surface area contributed by atoms with E-state index >= 15 is 0 Å². The maximum atomic E-state index is 3.33. The van der Waals surface area contributed by atoms with Crippen LogP contribution < -0.4 is 24.8 Å². The fourth-order valence-corrected chi connectivity index (χ4v) is 13.4. The summed E-state index contributed by atoms with van der Waals surface area (Å²) in [6, 6.07) is 9.18. The Morgan fingerprint density at radius 1 is 0.843 bits per heavy atom. The van der Waals surface area contributed by atoms with E-state index in [-0.39, 0.29) is 35.6 Å². The molecule has 0 saturated heterocycles. The molecule has 1 aromatic carbocycles. The molecule has 0 radical (unpaired) electrons. The number of fused-ring (bicyclic) bond motifs is 6. The van der Waals surface area contributed by atoms with Crippen molar-refractivity contribution >= 4 is 8.78 Å². The first-order valence-electron chi connectivity index (χ1n) is 20.0. The molecule has 3 heteroatoms. The van der Waals surface area contributed by atoms with Crippen LogP contribution in [0.3, 0.4) is 0 Å². The van der Waals surface area contributed by atoms with Gasteiger partial charge in [-0.2, -0.15) is 17.2 Å². The summed E-state index contributed by atoms with van der Waals surface area (Å²) in [5, 5.41) is 0. The Morgan fingerprint density at radius 3 is 1.96 bits per heavy atom. The topological polar surface area (TPSA) is 0 Å². The van der Waals surface area contributed by atoms with Gasteiger partial charge >= 0.3 is 41.3 Å². The van der Waals surface area contributed by atoms with Gasteiger partial charge in [-0.3, -0.25) is 6.08 Å². The fourth-order valence-electron chi connectivity index (χ4n) is 13.4. The molecule has 9 aliphatic rings. The minimum absolute atomic E-state index is 0. The smallest absolute Gasteiger partial charge is 1.00 e. The summed E-state index contributed by atoms with van der Waals surface area (Å²) >= 11 is 1.55. The Hall–Kier alpha value is -0.877. The average molecular weight is 803 g/mol. The molecule has 0 nitrogen and oxygen atoms in total. The number of benzene rings is 1. The zero-order valence-corrected chi connectivity index (χ0v) is 37.5. The van der Waals surface area contributed by atoms with E-state index in [9.17, 15) is 0 Å². The Morgan fingerprint density at radius 2 is 1.41 bits per heavy atom. The quantitative estimate of drug-likeness (QED) is 0.282. The first-order valence-corrected chi connectivity index (χ1v) is 21.2. The number of hydrogen-bond donors (Lipinski definition) is 0. The first-order chi connectivity index (χ1) is 23.1. The minimum atomic E-state index is 0. The Balaban J connectivity index is 0.000000193. The van der Waals surface area contributed by atoms with Crippen molar-refractivity contribution in [2.75, 3.05) is 0 Å². The summed E-state index contributed by atoms with van der Waals surface area (Å²) in [6.07, 6.45) is 25.5. The van der Waals surface area contributed by atoms with E-state index in [1.165, 1.54) is 33.6 Å². The fraction of sp³-hybridized carbons (Fsp3) is 0.625. The van der Waals surface area contributed by atoms with E-state index < -0.39 is 0 Å². The molecule has 0 N–H and O–H groups in total. The van der Waals surface area contributed by atoms with Crippen molar-refractivity contribution in [1.29, 1.82) is 0 Å². The van der Waals surface area contributed by atoms with Crippen molar-refractivity contribution in [1.82, 2.24) is 0 Å². The standard InChI is InChI=1S/C29H37.C16H21.C3H6.2ClH.Zr/c1-16-13-14-25-26-23-12-10-9-11-22(23)15-24(26)27-19(4)17(2)18(3)21(6)29(27,8)28(25,7)20(16)5;1-15(4-2-3-5-15)16-9-12-6-13(10-16)8-14(7-12)11-16;1-3-2;;;/h9-14,16-18,20-21H,15H2,1-8H3;2,4-5,12-14H,6-11H2,1H3;1-2H3;2*1H;/q2*-1;;;;+2/p-2. The van der Waals surface area contributed by atoms with Crippen LogP contribution in [0.1, 0.15) is 126 Å². The second-order valence-electron chi connectivity index (χ2n) is 19.1. The molecule has 8 atom stereocenters. The van der Waals surface area contributed by atoms with E-state index in [1.807, 2.05) is 0 Å². The molecule has 9 aliphatic carbocycles. The second-order valence-corrected chi connectivity index (χ2v) is 21.6. The van der Waals surface area contributed by atoms with Gasteiger partial charge in [0, 0.05) is 5.41 Å². The van der Waals surface area contributed by atoms with Gasteiger partial charge in [-0.05, 0) is 96.3 Å². The van der Waals surface area contributed by atoms with Crippen molar-refractivity contribution in [3.63, 3.8) is 0 Å². The van der Waals surface area contributed by atoms with Crippen molar-refractivity contribution in [2.45, 2.75) is 121 Å². The zero-order valence-electron chi connectivity index (χ0n) is 33.5. The van der Waals surface area contributed by atoms with E-state index in [0.717, 1.165) is 24.2 Å². The van der Waals surface area contributed by atoms with E-state index in [1.54, 1.807) is 71.7 Å². The normalized spacial score (nSPS) is 43.1. The van der Waals surface area contributed by atoms with Crippen LogP contribution in [0.25, 0.3) is 5.57 Å². The van der Waals surface area contributed by atoms with Crippen molar-refractivity contribution in [3.05, 3.63) is 94.5 Å². The minimum Gasteiger partial charge on any atom is -1.00 e. The molecule has 0 amide bonds. The van der Waals surface area contributed by atoms with Crippen molar-refractivity contribution in [2.24, 2.45) is 69.0 Å². The predicted octanol–water partition coefficient (Wildman–Crippen LogP) is 6.57. The summed E-state index contributed by atoms with van der Waals surface area (Å²) in [5.74, 6) is 8.11. The monoisotopic (exact) mass is 800 g/mol. The third kappa shape index (κ3) is 6.16. The molecule has 10 rings (SSSR count). The van der Waals surface area contributed by atoms with E-state index in [2.05, 4.69) is 137 Å². The number of halogens is 2. The molecular formula is C48H64Cl2Zr-2. The molecule has 0 aliphatic heterocycles. The predicted molar refractivity (Wildman–Crippen MR) is 206 cm³/mol. The molecule has 1 aromatic rings. The van der Waals surface area contributed by atoms with E-state index in [4.69, 9.17) is 0 Å². The largest absolute Gasteiger partial charge is 1.00 e. The summed E-state index contributed by atoms with van der Waals surface area (Å²) in [4.78, 5) is 0. The summed E-state index contributed by atoms with van der Waals surface area (Å²) in [6.45, 7) is 26.9. The average Bonchev–Trinajstić information content (AvgIpc) is 3.66. The van der Waals surface area contributed by atoms with Gasteiger partial charge in [-0.25, -0.2) is 18.1 Å². The molecule has 5 fully saturated rings. The molecule has 276 valence electrons. The maximum absolute atomic E-state index is 3.33. The first kappa shape index (κ1) is 41.3. The van der Waals surface area contributed by atoms with E-state index in [0.29, 0.717) is 40.4 Å². The molecule has 0 heterocycles. The van der Waals surface area contributed by atoms with Gasteiger partial charge in [0.15, 0.2) is 0 Å². The van der Waals surface area contributed by atoms with Crippen LogP contribution in [0, 0.1) is 81.0 Å². The van der Waals surface area contributed by atoms with Crippen molar-refractivity contribution < 1.29 is 49.0 Å². The Kier molecular flexibility index (Phi) is 11.9. The number of rotatable bonds is 1. The van der Waals surface area contributed by atoms with Gasteiger partial charge in [0.25, 0.3) is 0 Å². The van der Waals surface area contributed by atoms with Crippen LogP contribution in [-0.2, 0) is 30.7 Å². The third-order valence-electron chi connectivity index (χ3n) is 16.6. The van der Waals surface area contributed by atoms with Crippen LogP contribution in [0.4, 0.5) is 0 Å². The zero-order chi connectivity index (χ0) is 35.3. The summed E-state index contributed by atoms with van der Waals surface area (Å²) < 4.78 is 1.51. The molecule has 5 saturated carbocycles. The van der Waals surface area contributed by atoms with Gasteiger partial charge in [0.2, 0.25) is 0 Å². The van der Waals surface area contributed by atoms with Crippen LogP contribution in [-0.4, -0.2) is 3.21 Å². The van der Waals surface area contributed by atoms with Gasteiger partial charge in [-0.1, -0.05) is 126 Å². The Labute approximate surface area is 340 Å². The SMILES string of the molecule is CC1(C23CC4CC(CC(C4)C2)C3)C=[C-]C=C1.C[C-]1C2=C3Cc4ccccc4C3=C3C=CC(C)C(C)C3(C)C2(C)C(C)C(C)C1C.C[C](C)=[Zr+2].[Cl-].[Cl-]. The Bertz CT molecular complexity index is 1620. The van der Waals surface area contributed by atoms with Gasteiger partial charge < -0.3 is 24.8 Å². The third-order valence-corrected chi connectivity index (χ3v) is 16.6. The van der Waals surface area contributed by atoms with Gasteiger partial charge in [0.05, 0.1) is 0 Å². The number of hydrogen-bond acceptors (Lipinski definition) is 0. The van der Waals surface area contributed by atoms with Gasteiger partial charge in [0.1, 0.15) is 0 Å². The van der Waals surface area contributed by atoms with Crippen LogP contribution in [0.5, 0.6) is 0 Å². The number of allylic oxidation sites excluding steroid dienone is 10. The van der Waals surface area contributed by atoms with Crippen LogP contribution in [0.15, 0.2) is 71.4 Å². The molecule has 51 heavy (non-hydrogen) atoms. The van der Waals surface area contributed by atoms with Crippen LogP contribution >= 0.6 is 0 Å². The van der Waals surface area contributed by atoms with Crippen LogP contribution in [0.2, 0.25) is 0 Å². The summed E-state index contributed by atoms with van der Waals surface area (Å²) in [5.41, 5.74) is 10.9. The maximum Gasteiger partial charge on any atom is -1.00 e. The molecule has 4 bridgehead atoms. The molecule has 8 unspecified atom stereocenters. The molecule has 0 aromatic heterocycles. The summed E-state index contributed by atoms with van der Waals surface area (Å²) in [7, 11) is 0. The van der Waals surface area contributed by atoms with Gasteiger partial charge in [-0.15, -0.1) is 6.92 Å². The molecule has 0 spiro atoms. The van der Waals surface area contributed by atoms with Crippen molar-refractivity contribution in [3.8, 4) is 0 Å². The second kappa shape index (κ2) is 14.6.